The van der Waals surface area contributed by atoms with Gasteiger partial charge >= 0.3 is 0 Å². The minimum Gasteiger partial charge on any atom is -0.497 e. The van der Waals surface area contributed by atoms with Gasteiger partial charge < -0.3 is 20.4 Å². The number of methoxy groups -OCH3 is 1. The monoisotopic (exact) mass is 454 g/mol. The lowest BCUT2D eigenvalue weighted by Gasteiger charge is -2.16. The maximum Gasteiger partial charge on any atom is 0.272 e. The number of hydrogen-bond acceptors (Lipinski definition) is 4. The first-order chi connectivity index (χ1) is 16.5. The van der Waals surface area contributed by atoms with E-state index in [1.165, 1.54) is 0 Å². The van der Waals surface area contributed by atoms with Crippen molar-refractivity contribution >= 4 is 11.8 Å². The molecular formula is C27H26N4O3. The highest BCUT2D eigenvalue weighted by Crippen LogP contribution is 2.27. The smallest absolute Gasteiger partial charge is 0.272 e. The Kier molecular flexibility index (Phi) is 7.03. The summed E-state index contributed by atoms with van der Waals surface area (Å²) in [5.41, 5.74) is 9.25. The highest BCUT2D eigenvalue weighted by Gasteiger charge is 2.25. The van der Waals surface area contributed by atoms with Gasteiger partial charge in [-0.3, -0.25) is 9.59 Å². The van der Waals surface area contributed by atoms with Gasteiger partial charge in [0.1, 0.15) is 11.8 Å². The number of nitrogens with zero attached hydrogens (tertiary/aromatic N) is 2. The number of nitrogens with two attached hydrogens (primary N) is 1. The Morgan fingerprint density at radius 1 is 0.941 bits per heavy atom. The van der Waals surface area contributed by atoms with Gasteiger partial charge in [-0.2, -0.15) is 0 Å². The summed E-state index contributed by atoms with van der Waals surface area (Å²) in [5, 5.41) is 2.78. The molecule has 0 bridgehead atoms. The number of nitrogens with one attached hydrogen (secondary N) is 1. The minimum absolute atomic E-state index is 0.223. The first-order valence-electron chi connectivity index (χ1n) is 10.9. The fourth-order valence-electron chi connectivity index (χ4n) is 3.80. The van der Waals surface area contributed by atoms with Crippen LogP contribution in [0.3, 0.4) is 0 Å². The van der Waals surface area contributed by atoms with Crippen molar-refractivity contribution in [2.45, 2.75) is 19.0 Å². The summed E-state index contributed by atoms with van der Waals surface area (Å²) in [6, 6.07) is 25.9. The lowest BCUT2D eigenvalue weighted by Crippen LogP contribution is -2.46. The molecule has 0 unspecified atom stereocenters. The van der Waals surface area contributed by atoms with Crippen LogP contribution in [0.1, 0.15) is 21.6 Å². The minimum atomic E-state index is -0.863. The largest absolute Gasteiger partial charge is 0.497 e. The van der Waals surface area contributed by atoms with E-state index in [1.807, 2.05) is 89.5 Å². The Morgan fingerprint density at radius 3 is 2.15 bits per heavy atom. The number of amides is 2. The molecule has 34 heavy (non-hydrogen) atoms. The molecule has 172 valence electrons. The van der Waals surface area contributed by atoms with Crippen LogP contribution in [0, 0.1) is 0 Å². The Morgan fingerprint density at radius 2 is 1.56 bits per heavy atom. The third-order valence-corrected chi connectivity index (χ3v) is 5.54. The molecule has 0 aliphatic heterocycles. The van der Waals surface area contributed by atoms with Crippen LogP contribution in [-0.4, -0.2) is 34.5 Å². The molecule has 0 radical (unpaired) electrons. The second-order valence-corrected chi connectivity index (χ2v) is 7.90. The number of carbonyl (C=O) groups excluding carboxylic acids is 2. The van der Waals surface area contributed by atoms with Gasteiger partial charge in [-0.1, -0.05) is 60.7 Å². The predicted octanol–water partition coefficient (Wildman–Crippen LogP) is 3.43. The Bertz CT molecular complexity index is 1250. The zero-order valence-corrected chi connectivity index (χ0v) is 18.8. The number of imidazole rings is 1. The van der Waals surface area contributed by atoms with Gasteiger partial charge in [0, 0.05) is 18.5 Å². The van der Waals surface area contributed by atoms with Gasteiger partial charge in [0.25, 0.3) is 5.91 Å². The quantitative estimate of drug-likeness (QED) is 0.405. The number of aromatic nitrogens is 2. The highest BCUT2D eigenvalue weighted by molar-refractivity contribution is 6.00. The van der Waals surface area contributed by atoms with Crippen molar-refractivity contribution in [3.8, 4) is 17.0 Å². The summed E-state index contributed by atoms with van der Waals surface area (Å²) in [7, 11) is 1.60. The van der Waals surface area contributed by atoms with Crippen molar-refractivity contribution in [2.24, 2.45) is 5.73 Å². The summed E-state index contributed by atoms with van der Waals surface area (Å²) in [4.78, 5) is 29.8. The van der Waals surface area contributed by atoms with E-state index >= 15 is 0 Å². The number of rotatable bonds is 9. The molecule has 2 amide bonds. The van der Waals surface area contributed by atoms with E-state index in [4.69, 9.17) is 10.5 Å². The molecule has 1 heterocycles. The molecule has 0 saturated heterocycles. The molecule has 0 aliphatic carbocycles. The molecule has 3 aromatic carbocycles. The van der Waals surface area contributed by atoms with E-state index in [0.29, 0.717) is 24.4 Å². The second-order valence-electron chi connectivity index (χ2n) is 7.90. The van der Waals surface area contributed by atoms with Crippen LogP contribution in [-0.2, 0) is 17.8 Å². The lowest BCUT2D eigenvalue weighted by atomic mass is 10.0. The van der Waals surface area contributed by atoms with Gasteiger partial charge in [0.15, 0.2) is 5.69 Å². The fourth-order valence-corrected chi connectivity index (χ4v) is 3.80. The van der Waals surface area contributed by atoms with E-state index in [0.717, 1.165) is 16.7 Å². The van der Waals surface area contributed by atoms with E-state index in [2.05, 4.69) is 10.3 Å². The molecule has 7 nitrogen and oxygen atoms in total. The fraction of sp³-hybridized carbons (Fsp3) is 0.148. The third kappa shape index (κ3) is 5.32. The molecule has 3 N–H and O–H groups in total. The number of hydrogen-bond donors (Lipinski definition) is 2. The van der Waals surface area contributed by atoms with Crippen molar-refractivity contribution in [2.75, 3.05) is 7.11 Å². The maximum atomic E-state index is 13.3. The summed E-state index contributed by atoms with van der Waals surface area (Å²) in [6.07, 6.45) is 1.93. The molecule has 0 saturated carbocycles. The third-order valence-electron chi connectivity index (χ3n) is 5.54. The van der Waals surface area contributed by atoms with E-state index < -0.39 is 17.9 Å². The summed E-state index contributed by atoms with van der Waals surface area (Å²) in [5.74, 6) is -0.357. The molecule has 1 atom stereocenters. The summed E-state index contributed by atoms with van der Waals surface area (Å²) < 4.78 is 7.19. The molecule has 0 aliphatic rings. The molecule has 0 spiro atoms. The van der Waals surface area contributed by atoms with Crippen molar-refractivity contribution in [1.82, 2.24) is 14.9 Å². The van der Waals surface area contributed by atoms with Crippen LogP contribution in [0.4, 0.5) is 0 Å². The van der Waals surface area contributed by atoms with Crippen LogP contribution in [0.5, 0.6) is 5.75 Å². The van der Waals surface area contributed by atoms with E-state index in [9.17, 15) is 9.59 Å². The van der Waals surface area contributed by atoms with Crippen molar-refractivity contribution in [3.63, 3.8) is 0 Å². The lowest BCUT2D eigenvalue weighted by molar-refractivity contribution is -0.119. The standard InChI is InChI=1S/C27H26N4O3/c1-34-22-14-12-21(13-15-22)25-24(29-18-31(25)17-20-10-6-3-7-11-20)27(33)30-23(26(28)32)16-19-8-4-2-5-9-19/h2-15,18,23H,16-17H2,1H3,(H2,28,32)(H,30,33)/t23-/m0/s1. The Balaban J connectivity index is 1.66. The first-order valence-corrected chi connectivity index (χ1v) is 10.9. The molecule has 7 heteroatoms. The number of primary amides is 1. The zero-order valence-electron chi connectivity index (χ0n) is 18.8. The SMILES string of the molecule is COc1ccc(-c2c(C(=O)N[C@@H](Cc3ccccc3)C(N)=O)ncn2Cc2ccccc2)cc1. The van der Waals surface area contributed by atoms with Crippen LogP contribution in [0.25, 0.3) is 11.3 Å². The number of ether oxygens (including phenoxy) is 1. The average Bonchev–Trinajstić information content (AvgIpc) is 3.28. The van der Waals surface area contributed by atoms with Gasteiger partial charge in [-0.05, 0) is 35.4 Å². The van der Waals surface area contributed by atoms with E-state index in [1.54, 1.807) is 13.4 Å². The first kappa shape index (κ1) is 22.8. The van der Waals surface area contributed by atoms with Crippen LogP contribution < -0.4 is 15.8 Å². The van der Waals surface area contributed by atoms with Crippen molar-refractivity contribution < 1.29 is 14.3 Å². The van der Waals surface area contributed by atoms with Crippen LogP contribution >= 0.6 is 0 Å². The molecule has 1 aromatic heterocycles. The van der Waals surface area contributed by atoms with Crippen molar-refractivity contribution in [1.29, 1.82) is 0 Å². The normalized spacial score (nSPS) is 11.6. The van der Waals surface area contributed by atoms with Crippen LogP contribution in [0.15, 0.2) is 91.3 Å². The Hall–Kier alpha value is -4.39. The van der Waals surface area contributed by atoms with E-state index in [-0.39, 0.29) is 5.69 Å². The average molecular weight is 455 g/mol. The van der Waals surface area contributed by atoms with Gasteiger partial charge in [-0.25, -0.2) is 4.98 Å². The second kappa shape index (κ2) is 10.5. The maximum absolute atomic E-state index is 13.3. The van der Waals surface area contributed by atoms with Gasteiger partial charge in [0.2, 0.25) is 5.91 Å². The van der Waals surface area contributed by atoms with Crippen molar-refractivity contribution in [3.05, 3.63) is 108 Å². The summed E-state index contributed by atoms with van der Waals surface area (Å²) in [6.45, 7) is 0.533. The predicted molar refractivity (Wildman–Crippen MR) is 130 cm³/mol. The molecule has 4 rings (SSSR count). The van der Waals surface area contributed by atoms with Gasteiger partial charge in [-0.15, -0.1) is 0 Å². The molecule has 0 fully saturated rings. The van der Waals surface area contributed by atoms with Gasteiger partial charge in [0.05, 0.1) is 19.1 Å². The summed E-state index contributed by atoms with van der Waals surface area (Å²) >= 11 is 0. The topological polar surface area (TPSA) is 99.2 Å². The van der Waals surface area contributed by atoms with Crippen LogP contribution in [0.2, 0.25) is 0 Å². The zero-order chi connectivity index (χ0) is 23.9. The molecule has 4 aromatic rings. The Labute approximate surface area is 198 Å². The number of benzene rings is 3. The number of carbonyl (C=O) groups is 2. The molecular weight excluding hydrogens is 428 g/mol. The highest BCUT2D eigenvalue weighted by atomic mass is 16.5.